The van der Waals surface area contributed by atoms with Crippen molar-refractivity contribution in [3.63, 3.8) is 0 Å². The van der Waals surface area contributed by atoms with Crippen molar-refractivity contribution in [2.45, 2.75) is 13.8 Å². The number of benzene rings is 2. The molecule has 0 aromatic heterocycles. The van der Waals surface area contributed by atoms with Crippen molar-refractivity contribution in [2.75, 3.05) is 0 Å². The first-order chi connectivity index (χ1) is 8.49. The van der Waals surface area contributed by atoms with Crippen LogP contribution in [0.2, 0.25) is 5.02 Å². The molecule has 2 aromatic rings. The molecule has 0 saturated heterocycles. The van der Waals surface area contributed by atoms with Gasteiger partial charge in [0.2, 0.25) is 0 Å². The molecule has 0 spiro atoms. The largest absolute Gasteiger partial charge is 0.289 e. The highest BCUT2D eigenvalue weighted by Gasteiger charge is 2.14. The number of aryl methyl sites for hydroxylation is 2. The number of hydrogen-bond donors (Lipinski definition) is 0. The molecule has 0 unspecified atom stereocenters. The van der Waals surface area contributed by atoms with E-state index in [2.05, 4.69) is 0 Å². The van der Waals surface area contributed by atoms with E-state index in [4.69, 9.17) is 11.6 Å². The maximum absolute atomic E-state index is 13.2. The van der Waals surface area contributed by atoms with E-state index in [0.29, 0.717) is 16.1 Å². The Bertz CT molecular complexity index is 620. The fourth-order valence-electron chi connectivity index (χ4n) is 1.87. The molecule has 0 amide bonds. The van der Waals surface area contributed by atoms with Crippen molar-refractivity contribution in [2.24, 2.45) is 0 Å². The Morgan fingerprint density at radius 3 is 2.39 bits per heavy atom. The molecule has 18 heavy (non-hydrogen) atoms. The third-order valence-corrected chi connectivity index (χ3v) is 3.11. The second kappa shape index (κ2) is 4.91. The molecular weight excluding hydrogens is 251 g/mol. The van der Waals surface area contributed by atoms with Crippen LogP contribution in [0.1, 0.15) is 27.0 Å². The lowest BCUT2D eigenvalue weighted by atomic mass is 9.96. The van der Waals surface area contributed by atoms with Crippen molar-refractivity contribution in [1.82, 2.24) is 0 Å². The number of ketones is 1. The Kier molecular flexibility index (Phi) is 3.48. The first-order valence-corrected chi connectivity index (χ1v) is 5.94. The maximum Gasteiger partial charge on any atom is 0.193 e. The van der Waals surface area contributed by atoms with Crippen molar-refractivity contribution >= 4 is 17.4 Å². The number of carbonyl (C=O) groups excluding carboxylic acids is 1. The van der Waals surface area contributed by atoms with Gasteiger partial charge in [-0.15, -0.1) is 0 Å². The van der Waals surface area contributed by atoms with Crippen LogP contribution in [0, 0.1) is 19.7 Å². The minimum Gasteiger partial charge on any atom is -0.289 e. The number of rotatable bonds is 2. The van der Waals surface area contributed by atoms with Gasteiger partial charge in [-0.2, -0.15) is 0 Å². The van der Waals surface area contributed by atoms with Gasteiger partial charge in [0.1, 0.15) is 5.82 Å². The highest BCUT2D eigenvalue weighted by molar-refractivity contribution is 6.30. The fourth-order valence-corrected chi connectivity index (χ4v) is 2.09. The highest BCUT2D eigenvalue weighted by atomic mass is 35.5. The fraction of sp³-hybridized carbons (Fsp3) is 0.133. The van der Waals surface area contributed by atoms with Crippen LogP contribution < -0.4 is 0 Å². The van der Waals surface area contributed by atoms with Crippen LogP contribution in [0.25, 0.3) is 0 Å². The molecule has 0 saturated carbocycles. The van der Waals surface area contributed by atoms with E-state index in [-0.39, 0.29) is 5.78 Å². The van der Waals surface area contributed by atoms with Gasteiger partial charge < -0.3 is 0 Å². The Hall–Kier alpha value is -1.67. The SMILES string of the molecule is Cc1cc(Cl)ccc1C(=O)c1cc(F)ccc1C. The molecule has 3 heteroatoms. The van der Waals surface area contributed by atoms with E-state index < -0.39 is 5.82 Å². The lowest BCUT2D eigenvalue weighted by molar-refractivity contribution is 0.103. The molecule has 2 aromatic carbocycles. The summed E-state index contributed by atoms with van der Waals surface area (Å²) < 4.78 is 13.2. The Morgan fingerprint density at radius 2 is 1.72 bits per heavy atom. The van der Waals surface area contributed by atoms with E-state index in [1.165, 1.54) is 12.1 Å². The molecule has 0 aliphatic carbocycles. The molecule has 0 heterocycles. The van der Waals surface area contributed by atoms with Crippen LogP contribution in [0.5, 0.6) is 0 Å². The number of carbonyl (C=O) groups is 1. The van der Waals surface area contributed by atoms with Crippen molar-refractivity contribution in [1.29, 1.82) is 0 Å². The van der Waals surface area contributed by atoms with Gasteiger partial charge in [-0.05, 0) is 55.3 Å². The van der Waals surface area contributed by atoms with Crippen LogP contribution in [-0.4, -0.2) is 5.78 Å². The normalized spacial score (nSPS) is 10.4. The Morgan fingerprint density at radius 1 is 1.00 bits per heavy atom. The maximum atomic E-state index is 13.2. The average molecular weight is 263 g/mol. The summed E-state index contributed by atoms with van der Waals surface area (Å²) in [6, 6.07) is 9.28. The van der Waals surface area contributed by atoms with Crippen LogP contribution in [0.4, 0.5) is 4.39 Å². The van der Waals surface area contributed by atoms with Gasteiger partial charge in [-0.1, -0.05) is 17.7 Å². The van der Waals surface area contributed by atoms with E-state index in [1.54, 1.807) is 31.2 Å². The quantitative estimate of drug-likeness (QED) is 0.737. The lowest BCUT2D eigenvalue weighted by Gasteiger charge is -2.08. The molecule has 0 radical (unpaired) electrons. The first-order valence-electron chi connectivity index (χ1n) is 5.56. The zero-order chi connectivity index (χ0) is 13.3. The molecule has 1 nitrogen and oxygen atoms in total. The van der Waals surface area contributed by atoms with Gasteiger partial charge in [-0.3, -0.25) is 4.79 Å². The van der Waals surface area contributed by atoms with Gasteiger partial charge >= 0.3 is 0 Å². The standard InChI is InChI=1S/C15H12ClFO/c1-9-3-5-12(17)8-14(9)15(18)13-6-4-11(16)7-10(13)2/h3-8H,1-2H3. The van der Waals surface area contributed by atoms with Crippen LogP contribution >= 0.6 is 11.6 Å². The summed E-state index contributed by atoms with van der Waals surface area (Å²) in [6.07, 6.45) is 0. The van der Waals surface area contributed by atoms with Crippen LogP contribution in [0.15, 0.2) is 36.4 Å². The van der Waals surface area contributed by atoms with E-state index in [9.17, 15) is 9.18 Å². The average Bonchev–Trinajstić information content (AvgIpc) is 2.31. The molecule has 0 bridgehead atoms. The third kappa shape index (κ3) is 2.44. The third-order valence-electron chi connectivity index (χ3n) is 2.88. The topological polar surface area (TPSA) is 17.1 Å². The molecular formula is C15H12ClFO. The van der Waals surface area contributed by atoms with Crippen LogP contribution in [-0.2, 0) is 0 Å². The minimum atomic E-state index is -0.407. The van der Waals surface area contributed by atoms with E-state index in [0.717, 1.165) is 11.1 Å². The predicted octanol–water partition coefficient (Wildman–Crippen LogP) is 4.33. The number of halogens is 2. The van der Waals surface area contributed by atoms with Crippen molar-refractivity contribution in [3.05, 3.63) is 69.5 Å². The van der Waals surface area contributed by atoms with Gasteiger partial charge in [0.15, 0.2) is 5.78 Å². The minimum absolute atomic E-state index is 0.179. The Labute approximate surface area is 110 Å². The smallest absolute Gasteiger partial charge is 0.193 e. The zero-order valence-corrected chi connectivity index (χ0v) is 10.9. The summed E-state index contributed by atoms with van der Waals surface area (Å²) in [7, 11) is 0. The molecule has 0 N–H and O–H groups in total. The predicted molar refractivity (Wildman–Crippen MR) is 70.8 cm³/mol. The van der Waals surface area contributed by atoms with Gasteiger partial charge in [-0.25, -0.2) is 4.39 Å². The number of hydrogen-bond acceptors (Lipinski definition) is 1. The second-order valence-electron chi connectivity index (χ2n) is 4.25. The first kappa shape index (κ1) is 12.8. The second-order valence-corrected chi connectivity index (χ2v) is 4.68. The Balaban J connectivity index is 2.51. The van der Waals surface area contributed by atoms with Gasteiger partial charge in [0.25, 0.3) is 0 Å². The van der Waals surface area contributed by atoms with Gasteiger partial charge in [0, 0.05) is 16.1 Å². The monoisotopic (exact) mass is 262 g/mol. The van der Waals surface area contributed by atoms with Crippen LogP contribution in [0.3, 0.4) is 0 Å². The lowest BCUT2D eigenvalue weighted by Crippen LogP contribution is -2.06. The summed E-state index contributed by atoms with van der Waals surface area (Å²) in [5.74, 6) is -0.586. The highest BCUT2D eigenvalue weighted by Crippen LogP contribution is 2.20. The molecule has 0 fully saturated rings. The van der Waals surface area contributed by atoms with Crippen molar-refractivity contribution < 1.29 is 9.18 Å². The summed E-state index contributed by atoms with van der Waals surface area (Å²) in [5.41, 5.74) is 2.49. The summed E-state index contributed by atoms with van der Waals surface area (Å²) >= 11 is 5.85. The zero-order valence-electron chi connectivity index (χ0n) is 10.1. The summed E-state index contributed by atoms with van der Waals surface area (Å²) in [6.45, 7) is 3.60. The molecule has 0 atom stereocenters. The summed E-state index contributed by atoms with van der Waals surface area (Å²) in [5, 5.41) is 0.583. The van der Waals surface area contributed by atoms with Gasteiger partial charge in [0.05, 0.1) is 0 Å². The van der Waals surface area contributed by atoms with Crippen molar-refractivity contribution in [3.8, 4) is 0 Å². The van der Waals surface area contributed by atoms with E-state index >= 15 is 0 Å². The van der Waals surface area contributed by atoms with E-state index in [1.807, 2.05) is 6.92 Å². The molecule has 0 aliphatic heterocycles. The summed E-state index contributed by atoms with van der Waals surface area (Å²) in [4.78, 5) is 12.3. The molecule has 0 aliphatic rings. The molecule has 92 valence electrons. The molecule has 2 rings (SSSR count).